The summed E-state index contributed by atoms with van der Waals surface area (Å²) in [5.41, 5.74) is 5.64. The highest BCUT2D eigenvalue weighted by atomic mass is 16.5. The van der Waals surface area contributed by atoms with Crippen LogP contribution in [0.1, 0.15) is 118 Å². The van der Waals surface area contributed by atoms with Crippen molar-refractivity contribution >= 4 is 23.9 Å². The van der Waals surface area contributed by atoms with Crippen molar-refractivity contribution < 1.29 is 33.4 Å². The van der Waals surface area contributed by atoms with Crippen LogP contribution in [0, 0.1) is 11.8 Å². The lowest BCUT2D eigenvalue weighted by atomic mass is 9.99. The number of esters is 3. The second-order valence-corrected chi connectivity index (χ2v) is 11.8. The van der Waals surface area contributed by atoms with Crippen LogP contribution in [0.3, 0.4) is 0 Å². The quantitative estimate of drug-likeness (QED) is 0.137. The van der Waals surface area contributed by atoms with Crippen LogP contribution in [0.5, 0.6) is 0 Å². The number of carbonyl (C=O) groups is 4. The molecule has 0 bridgehead atoms. The molecule has 0 saturated heterocycles. The summed E-state index contributed by atoms with van der Waals surface area (Å²) in [6, 6.07) is -2.63. The van der Waals surface area contributed by atoms with E-state index in [0.29, 0.717) is 25.8 Å². The van der Waals surface area contributed by atoms with Crippen LogP contribution in [-0.4, -0.2) is 61.9 Å². The molecule has 0 aromatic heterocycles. The van der Waals surface area contributed by atoms with Crippen molar-refractivity contribution in [3.63, 3.8) is 0 Å². The Balaban J connectivity index is 2.83. The number of unbranched alkanes of at least 4 members (excludes halogenated alkanes) is 1. The zero-order chi connectivity index (χ0) is 29.8. The molecular weight excluding hydrogens is 514 g/mol. The van der Waals surface area contributed by atoms with Crippen LogP contribution in [0.25, 0.3) is 0 Å². The molecule has 0 radical (unpaired) electrons. The average molecular weight is 570 g/mol. The molecule has 10 heteroatoms. The van der Waals surface area contributed by atoms with E-state index < -0.39 is 36.0 Å². The topological polar surface area (TPSA) is 146 Å². The van der Waals surface area contributed by atoms with Crippen molar-refractivity contribution in [1.29, 1.82) is 0 Å². The summed E-state index contributed by atoms with van der Waals surface area (Å²) in [6.07, 6.45) is 11.1. The van der Waals surface area contributed by atoms with Crippen LogP contribution in [0.15, 0.2) is 0 Å². The third-order valence-electron chi connectivity index (χ3n) is 6.74. The maximum absolute atomic E-state index is 13.2. The average Bonchev–Trinajstić information content (AvgIpc) is 2.91. The summed E-state index contributed by atoms with van der Waals surface area (Å²) in [5, 5.41) is 5.31. The van der Waals surface area contributed by atoms with Gasteiger partial charge in [0, 0.05) is 6.42 Å². The number of urea groups is 1. The van der Waals surface area contributed by atoms with Crippen molar-refractivity contribution in [2.75, 3.05) is 19.8 Å². The van der Waals surface area contributed by atoms with E-state index in [2.05, 4.69) is 10.6 Å². The fourth-order valence-corrected chi connectivity index (χ4v) is 4.43. The molecule has 0 heterocycles. The highest BCUT2D eigenvalue weighted by Gasteiger charge is 2.29. The number of nitrogens with two attached hydrogens (primary N) is 1. The molecule has 1 rings (SSSR count). The van der Waals surface area contributed by atoms with Gasteiger partial charge >= 0.3 is 23.9 Å². The molecule has 10 nitrogen and oxygen atoms in total. The minimum atomic E-state index is -1.07. The zero-order valence-electron chi connectivity index (χ0n) is 25.3. The number of amides is 2. The van der Waals surface area contributed by atoms with Gasteiger partial charge in [-0.15, -0.1) is 0 Å². The van der Waals surface area contributed by atoms with E-state index in [1.807, 2.05) is 27.7 Å². The lowest BCUT2D eigenvalue weighted by Gasteiger charge is -2.24. The molecule has 1 aliphatic carbocycles. The number of nitrogens with one attached hydrogen (secondary N) is 2. The zero-order valence-corrected chi connectivity index (χ0v) is 25.3. The highest BCUT2D eigenvalue weighted by molar-refractivity contribution is 5.87. The van der Waals surface area contributed by atoms with E-state index in [1.165, 1.54) is 19.3 Å². The summed E-state index contributed by atoms with van der Waals surface area (Å²) in [5.74, 6) is -1.26. The van der Waals surface area contributed by atoms with Crippen molar-refractivity contribution in [2.24, 2.45) is 17.6 Å². The Kier molecular flexibility index (Phi) is 19.1. The van der Waals surface area contributed by atoms with Gasteiger partial charge in [-0.05, 0) is 69.7 Å². The minimum absolute atomic E-state index is 0.0195. The molecule has 4 N–H and O–H groups in total. The molecule has 1 aliphatic rings. The molecule has 232 valence electrons. The van der Waals surface area contributed by atoms with E-state index in [-0.39, 0.29) is 44.0 Å². The third-order valence-corrected chi connectivity index (χ3v) is 6.74. The minimum Gasteiger partial charge on any atom is -0.465 e. The Morgan fingerprint density at radius 2 is 1.25 bits per heavy atom. The molecule has 0 aromatic carbocycles. The summed E-state index contributed by atoms with van der Waals surface area (Å²) in [4.78, 5) is 51.1. The fourth-order valence-electron chi connectivity index (χ4n) is 4.43. The lowest BCUT2D eigenvalue weighted by molar-refractivity contribution is -0.152. The molecule has 0 spiro atoms. The van der Waals surface area contributed by atoms with Gasteiger partial charge in [0.25, 0.3) is 0 Å². The van der Waals surface area contributed by atoms with Gasteiger partial charge in [0.15, 0.2) is 0 Å². The summed E-state index contributed by atoms with van der Waals surface area (Å²) >= 11 is 0. The molecule has 2 amide bonds. The molecular formula is C30H55N3O7. The molecule has 1 saturated carbocycles. The Hall–Kier alpha value is -2.36. The molecule has 0 aromatic rings. The number of carbonyl (C=O) groups excluding carboxylic acids is 4. The Morgan fingerprint density at radius 3 is 1.80 bits per heavy atom. The smallest absolute Gasteiger partial charge is 0.328 e. The van der Waals surface area contributed by atoms with Crippen LogP contribution in [0.4, 0.5) is 4.79 Å². The van der Waals surface area contributed by atoms with Gasteiger partial charge < -0.3 is 30.6 Å². The first-order valence-electron chi connectivity index (χ1n) is 15.4. The first-order valence-corrected chi connectivity index (χ1v) is 15.4. The normalized spacial score (nSPS) is 16.6. The number of hydrogen-bond acceptors (Lipinski definition) is 8. The van der Waals surface area contributed by atoms with Gasteiger partial charge in [-0.2, -0.15) is 0 Å². The number of rotatable bonds is 16. The second-order valence-electron chi connectivity index (χ2n) is 11.8. The summed E-state index contributed by atoms with van der Waals surface area (Å²) in [7, 11) is 0. The Bertz CT molecular complexity index is 735. The molecule has 0 unspecified atom stereocenters. The van der Waals surface area contributed by atoms with Crippen molar-refractivity contribution in [1.82, 2.24) is 10.6 Å². The third kappa shape index (κ3) is 17.4. The predicted octanol–water partition coefficient (Wildman–Crippen LogP) is 4.77. The Labute approximate surface area is 241 Å². The van der Waals surface area contributed by atoms with Crippen LogP contribution < -0.4 is 16.4 Å². The number of ether oxygens (including phenoxy) is 3. The summed E-state index contributed by atoms with van der Waals surface area (Å²) < 4.78 is 16.4. The van der Waals surface area contributed by atoms with Gasteiger partial charge in [-0.3, -0.25) is 4.79 Å². The maximum Gasteiger partial charge on any atom is 0.328 e. The fraction of sp³-hybridized carbons (Fsp3) is 0.867. The van der Waals surface area contributed by atoms with E-state index in [0.717, 1.165) is 38.5 Å². The van der Waals surface area contributed by atoms with E-state index in [1.54, 1.807) is 0 Å². The lowest BCUT2D eigenvalue weighted by Crippen LogP contribution is -2.52. The standard InChI is InChI=1S/C30H55N3O7/c1-22(2)20-38-27(34)18-17-26(28(35)39-21-23(3)4)33-30(37)32-25(16-12-13-19-31)29(36)40-24-14-10-8-6-5-7-9-11-15-24/h22-26H,5-21,31H2,1-4H3,(H2,32,33,37)/t25-,26-/m0/s1. The van der Waals surface area contributed by atoms with Gasteiger partial charge in [0.2, 0.25) is 0 Å². The maximum atomic E-state index is 13.2. The van der Waals surface area contributed by atoms with E-state index in [4.69, 9.17) is 19.9 Å². The van der Waals surface area contributed by atoms with Crippen molar-refractivity contribution in [3.8, 4) is 0 Å². The molecule has 2 atom stereocenters. The SMILES string of the molecule is CC(C)COC(=O)CC[C@H](NC(=O)N[C@@H](CCCCN)C(=O)OC1CCCCCCCCC1)C(=O)OCC(C)C. The molecule has 1 fully saturated rings. The van der Waals surface area contributed by atoms with Crippen LogP contribution in [-0.2, 0) is 28.6 Å². The predicted molar refractivity (Wildman–Crippen MR) is 154 cm³/mol. The Morgan fingerprint density at radius 1 is 0.725 bits per heavy atom. The van der Waals surface area contributed by atoms with Gasteiger partial charge in [0.1, 0.15) is 18.2 Å². The number of hydrogen-bond donors (Lipinski definition) is 3. The largest absolute Gasteiger partial charge is 0.465 e. The van der Waals surface area contributed by atoms with Gasteiger partial charge in [-0.25, -0.2) is 14.4 Å². The second kappa shape index (κ2) is 21.4. The van der Waals surface area contributed by atoms with Crippen molar-refractivity contribution in [3.05, 3.63) is 0 Å². The van der Waals surface area contributed by atoms with E-state index in [9.17, 15) is 19.2 Å². The van der Waals surface area contributed by atoms with Gasteiger partial charge in [0.05, 0.1) is 13.2 Å². The van der Waals surface area contributed by atoms with Crippen molar-refractivity contribution in [2.45, 2.75) is 136 Å². The summed E-state index contributed by atoms with van der Waals surface area (Å²) in [6.45, 7) is 8.62. The molecule has 0 aliphatic heterocycles. The first-order chi connectivity index (χ1) is 19.1. The van der Waals surface area contributed by atoms with Gasteiger partial charge in [-0.1, -0.05) is 59.8 Å². The first kappa shape index (κ1) is 35.7. The monoisotopic (exact) mass is 569 g/mol. The van der Waals surface area contributed by atoms with Crippen LogP contribution >= 0.6 is 0 Å². The van der Waals surface area contributed by atoms with E-state index >= 15 is 0 Å². The van der Waals surface area contributed by atoms with Crippen LogP contribution in [0.2, 0.25) is 0 Å². The molecule has 40 heavy (non-hydrogen) atoms. The highest BCUT2D eigenvalue weighted by Crippen LogP contribution is 2.20.